The number of nitrogens with one attached hydrogen (secondary N) is 2. The van der Waals surface area contributed by atoms with Gasteiger partial charge < -0.3 is 26.2 Å². The summed E-state index contributed by atoms with van der Waals surface area (Å²) in [6.45, 7) is 7.95. The summed E-state index contributed by atoms with van der Waals surface area (Å²) >= 11 is 1.60. The quantitative estimate of drug-likeness (QED) is 0.234. The van der Waals surface area contributed by atoms with Gasteiger partial charge in [-0.05, 0) is 68.9 Å². The zero-order chi connectivity index (χ0) is 29.2. The molecule has 0 atom stereocenters. The maximum atomic E-state index is 13.5. The Bertz CT molecular complexity index is 1170. The average Bonchev–Trinajstić information content (AvgIpc) is 2.93. The number of piperazine rings is 2. The monoisotopic (exact) mass is 567 g/mol. The molecular formula is C28H41N9O2S. The van der Waals surface area contributed by atoms with Crippen molar-refractivity contribution < 1.29 is 9.59 Å². The summed E-state index contributed by atoms with van der Waals surface area (Å²) in [6, 6.07) is 13.8. The van der Waals surface area contributed by atoms with Crippen LogP contribution in [0, 0.1) is 17.7 Å². The Morgan fingerprint density at radius 3 is 1.88 bits per heavy atom. The van der Waals surface area contributed by atoms with E-state index in [1.165, 1.54) is 0 Å². The third-order valence-electron chi connectivity index (χ3n) is 6.77. The minimum Gasteiger partial charge on any atom is -0.390 e. The van der Waals surface area contributed by atoms with Crippen LogP contribution in [-0.4, -0.2) is 114 Å². The molecule has 0 spiro atoms. The molecule has 40 heavy (non-hydrogen) atoms. The second-order valence-electron chi connectivity index (χ2n) is 10.0. The summed E-state index contributed by atoms with van der Waals surface area (Å²) in [6.07, 6.45) is 0.750. The number of carbonyl (C=O) groups is 2. The highest BCUT2D eigenvalue weighted by atomic mass is 32.2. The van der Waals surface area contributed by atoms with Crippen molar-refractivity contribution in [2.75, 3.05) is 66.5 Å². The number of hydrogen-bond acceptors (Lipinski definition) is 7. The summed E-state index contributed by atoms with van der Waals surface area (Å²) in [5, 5.41) is 13.5. The van der Waals surface area contributed by atoms with Crippen LogP contribution in [0.15, 0.2) is 47.4 Å². The van der Waals surface area contributed by atoms with E-state index in [4.69, 9.17) is 16.6 Å². The van der Waals surface area contributed by atoms with Crippen LogP contribution in [0.5, 0.6) is 0 Å². The lowest BCUT2D eigenvalue weighted by Crippen LogP contribution is -2.50. The molecule has 2 heterocycles. The van der Waals surface area contributed by atoms with Crippen molar-refractivity contribution in [1.29, 1.82) is 10.8 Å². The molecule has 2 aromatic carbocycles. The predicted molar refractivity (Wildman–Crippen MR) is 161 cm³/mol. The second kappa shape index (κ2) is 14.7. The average molecular weight is 568 g/mol. The molecule has 4 rings (SSSR count). The minimum absolute atomic E-state index is 0.00582. The lowest BCUT2D eigenvalue weighted by Gasteiger charge is -2.35. The van der Waals surface area contributed by atoms with Crippen molar-refractivity contribution >= 4 is 36.1 Å². The number of carbonyl (C=O) groups excluding carboxylic acids is 2. The van der Waals surface area contributed by atoms with Crippen LogP contribution in [0.4, 0.5) is 0 Å². The number of benzene rings is 2. The van der Waals surface area contributed by atoms with E-state index in [2.05, 4.69) is 16.7 Å². The number of rotatable bonds is 6. The Balaban J connectivity index is 0.00000141. The van der Waals surface area contributed by atoms with E-state index in [9.17, 15) is 9.59 Å². The molecule has 2 aromatic rings. The van der Waals surface area contributed by atoms with E-state index in [-0.39, 0.29) is 17.8 Å². The molecule has 2 fully saturated rings. The molecule has 0 aromatic heterocycles. The van der Waals surface area contributed by atoms with Crippen molar-refractivity contribution in [2.24, 2.45) is 11.5 Å². The van der Waals surface area contributed by atoms with Crippen LogP contribution >= 0.6 is 11.9 Å². The van der Waals surface area contributed by atoms with Gasteiger partial charge in [0.2, 0.25) is 0 Å². The first-order valence-corrected chi connectivity index (χ1v) is 14.0. The first-order chi connectivity index (χ1) is 19.1. The number of hydrogen-bond donors (Lipinski definition) is 4. The molecule has 0 radical (unpaired) electrons. The van der Waals surface area contributed by atoms with Crippen LogP contribution in [0.25, 0.3) is 0 Å². The van der Waals surface area contributed by atoms with Gasteiger partial charge in [-0.25, -0.2) is 0 Å². The van der Waals surface area contributed by atoms with Gasteiger partial charge in [-0.15, -0.1) is 0 Å². The second-order valence-corrected chi connectivity index (χ2v) is 11.4. The first kappa shape index (κ1) is 30.9. The maximum absolute atomic E-state index is 13.5. The standard InChI is InChI=1S/C27H37N7O2S.CH4N2/c1-20-4-6-22(7-5-20)25(35)32-12-14-33(15-13-32)26(36)23-16-21(17-24(18-23)37-30(2)3)19-31-8-10-34(11-9-31)27(28)29;2-1-3/h4-7,16-18H,8-15,19H2,1-3H3,(H3,28,29);1H,(H3,2,3). The lowest BCUT2D eigenvalue weighted by molar-refractivity contribution is 0.0535. The number of amides is 2. The van der Waals surface area contributed by atoms with Gasteiger partial charge in [0.25, 0.3) is 11.8 Å². The van der Waals surface area contributed by atoms with Crippen LogP contribution in [0.2, 0.25) is 0 Å². The highest BCUT2D eigenvalue weighted by molar-refractivity contribution is 7.97. The molecule has 12 heteroatoms. The lowest BCUT2D eigenvalue weighted by atomic mass is 10.1. The van der Waals surface area contributed by atoms with Gasteiger partial charge in [-0.3, -0.25) is 29.6 Å². The molecule has 0 unspecified atom stereocenters. The fourth-order valence-corrected chi connectivity index (χ4v) is 5.52. The van der Waals surface area contributed by atoms with Crippen LogP contribution < -0.4 is 11.5 Å². The van der Waals surface area contributed by atoms with Crippen molar-refractivity contribution in [2.45, 2.75) is 18.4 Å². The summed E-state index contributed by atoms with van der Waals surface area (Å²) in [7, 11) is 3.98. The van der Waals surface area contributed by atoms with Crippen molar-refractivity contribution in [3.63, 3.8) is 0 Å². The van der Waals surface area contributed by atoms with Gasteiger partial charge in [-0.2, -0.15) is 0 Å². The molecule has 2 amide bonds. The molecule has 11 nitrogen and oxygen atoms in total. The molecule has 0 aliphatic carbocycles. The Labute approximate surface area is 241 Å². The van der Waals surface area contributed by atoms with Crippen molar-refractivity contribution in [3.8, 4) is 0 Å². The molecule has 0 bridgehead atoms. The van der Waals surface area contributed by atoms with Crippen LogP contribution in [-0.2, 0) is 6.54 Å². The summed E-state index contributed by atoms with van der Waals surface area (Å²) in [4.78, 5) is 35.3. The Kier molecular flexibility index (Phi) is 11.4. The van der Waals surface area contributed by atoms with E-state index in [0.717, 1.165) is 55.1 Å². The van der Waals surface area contributed by atoms with Crippen LogP contribution in [0.3, 0.4) is 0 Å². The number of nitrogens with two attached hydrogens (primary N) is 2. The Morgan fingerprint density at radius 2 is 1.38 bits per heavy atom. The first-order valence-electron chi connectivity index (χ1n) is 13.3. The van der Waals surface area contributed by atoms with Crippen molar-refractivity contribution in [1.82, 2.24) is 23.9 Å². The molecular weight excluding hydrogens is 526 g/mol. The van der Waals surface area contributed by atoms with E-state index < -0.39 is 0 Å². The fraction of sp³-hybridized carbons (Fsp3) is 0.429. The van der Waals surface area contributed by atoms with Gasteiger partial charge in [-0.1, -0.05) is 17.7 Å². The zero-order valence-corrected chi connectivity index (χ0v) is 24.4. The molecule has 2 aliphatic heterocycles. The Hall–Kier alpha value is -3.61. The molecule has 216 valence electrons. The number of guanidine groups is 1. The molecule has 2 aliphatic rings. The third kappa shape index (κ3) is 8.70. The predicted octanol–water partition coefficient (Wildman–Crippen LogP) is 1.73. The third-order valence-corrected chi connectivity index (χ3v) is 7.58. The van der Waals surface area contributed by atoms with E-state index >= 15 is 0 Å². The molecule has 2 saturated heterocycles. The van der Waals surface area contributed by atoms with E-state index in [1.54, 1.807) is 11.9 Å². The van der Waals surface area contributed by atoms with Gasteiger partial charge >= 0.3 is 0 Å². The number of aryl methyl sites for hydroxylation is 1. The minimum atomic E-state index is 0.00582. The summed E-state index contributed by atoms with van der Waals surface area (Å²) in [5.74, 6) is 0.146. The zero-order valence-electron chi connectivity index (χ0n) is 23.6. The SMILES string of the molecule is Cc1ccc(C(=O)N2CCN(C(=O)c3cc(CN4CCN(C(=N)N)CC4)cc(SN(C)C)c3)CC2)cc1.N=CN. The van der Waals surface area contributed by atoms with Gasteiger partial charge in [0.05, 0.1) is 6.34 Å². The van der Waals surface area contributed by atoms with Gasteiger partial charge in [0, 0.05) is 74.9 Å². The summed E-state index contributed by atoms with van der Waals surface area (Å²) in [5.41, 5.74) is 13.6. The topological polar surface area (TPSA) is 150 Å². The molecule has 6 N–H and O–H groups in total. The molecule has 0 saturated carbocycles. The van der Waals surface area contributed by atoms with E-state index in [1.807, 2.05) is 76.4 Å². The van der Waals surface area contributed by atoms with Crippen LogP contribution in [0.1, 0.15) is 31.8 Å². The van der Waals surface area contributed by atoms with Gasteiger partial charge in [0.15, 0.2) is 5.96 Å². The fourth-order valence-electron chi connectivity index (χ4n) is 4.72. The number of nitrogens with zero attached hydrogens (tertiary/aromatic N) is 5. The maximum Gasteiger partial charge on any atom is 0.254 e. The normalized spacial score (nSPS) is 15.8. The highest BCUT2D eigenvalue weighted by Crippen LogP contribution is 2.25. The highest BCUT2D eigenvalue weighted by Gasteiger charge is 2.26. The van der Waals surface area contributed by atoms with Crippen molar-refractivity contribution in [3.05, 3.63) is 64.7 Å². The Morgan fingerprint density at radius 1 is 0.875 bits per heavy atom. The summed E-state index contributed by atoms with van der Waals surface area (Å²) < 4.78 is 2.02. The van der Waals surface area contributed by atoms with E-state index in [0.29, 0.717) is 37.3 Å². The largest absolute Gasteiger partial charge is 0.390 e. The smallest absolute Gasteiger partial charge is 0.254 e. The van der Waals surface area contributed by atoms with Gasteiger partial charge in [0.1, 0.15) is 0 Å².